The average molecular weight is 289 g/mol. The summed E-state index contributed by atoms with van der Waals surface area (Å²) in [4.78, 5) is 14.8. The van der Waals surface area contributed by atoms with Gasteiger partial charge in [-0.15, -0.1) is 0 Å². The molecule has 2 heterocycles. The van der Waals surface area contributed by atoms with Crippen molar-refractivity contribution in [2.45, 2.75) is 25.8 Å². The SMILES string of the molecule is O=c1[nH]c2ccccc2n1CCCOCCC1CCNC1. The summed E-state index contributed by atoms with van der Waals surface area (Å²) in [6.45, 7) is 4.53. The monoisotopic (exact) mass is 289 g/mol. The highest BCUT2D eigenvalue weighted by molar-refractivity contribution is 5.74. The second-order valence-corrected chi connectivity index (χ2v) is 5.71. The molecule has 1 aromatic carbocycles. The molecule has 2 N–H and O–H groups in total. The highest BCUT2D eigenvalue weighted by Gasteiger charge is 2.13. The number of hydrogen-bond acceptors (Lipinski definition) is 3. The Morgan fingerprint density at radius 1 is 1.29 bits per heavy atom. The van der Waals surface area contributed by atoms with E-state index in [1.54, 1.807) is 4.57 Å². The van der Waals surface area contributed by atoms with E-state index in [2.05, 4.69) is 10.3 Å². The van der Waals surface area contributed by atoms with Crippen molar-refractivity contribution in [3.63, 3.8) is 0 Å². The van der Waals surface area contributed by atoms with Crippen LogP contribution in [0.3, 0.4) is 0 Å². The van der Waals surface area contributed by atoms with Crippen LogP contribution in [-0.2, 0) is 11.3 Å². The van der Waals surface area contributed by atoms with Crippen LogP contribution in [0.1, 0.15) is 19.3 Å². The molecule has 1 aliphatic rings. The summed E-state index contributed by atoms with van der Waals surface area (Å²) in [5, 5.41) is 3.37. The molecule has 0 bridgehead atoms. The summed E-state index contributed by atoms with van der Waals surface area (Å²) in [6, 6.07) is 7.79. The molecule has 0 spiro atoms. The molecule has 1 fully saturated rings. The predicted molar refractivity (Wildman–Crippen MR) is 83.6 cm³/mol. The Hall–Kier alpha value is -1.59. The molecule has 0 saturated carbocycles. The Morgan fingerprint density at radius 2 is 2.19 bits per heavy atom. The molecule has 0 radical (unpaired) electrons. The maximum atomic E-state index is 11.9. The molecule has 1 aromatic heterocycles. The topological polar surface area (TPSA) is 59.0 Å². The van der Waals surface area contributed by atoms with E-state index in [0.29, 0.717) is 13.2 Å². The second-order valence-electron chi connectivity index (χ2n) is 5.71. The standard InChI is InChI=1S/C16H23N3O2/c20-16-18-14-4-1-2-5-15(14)19(16)9-3-10-21-11-7-13-6-8-17-12-13/h1-2,4-5,13,17H,3,6-12H2,(H,18,20). The molecular formula is C16H23N3O2. The molecule has 5 heteroatoms. The van der Waals surface area contributed by atoms with Crippen LogP contribution in [-0.4, -0.2) is 35.9 Å². The molecule has 2 aromatic rings. The summed E-state index contributed by atoms with van der Waals surface area (Å²) in [6.07, 6.45) is 3.28. The normalized spacial score (nSPS) is 18.6. The first kappa shape index (κ1) is 14.4. The Kier molecular flexibility index (Phi) is 4.72. The van der Waals surface area contributed by atoms with Gasteiger partial charge in [0.2, 0.25) is 0 Å². The quantitative estimate of drug-likeness (QED) is 0.763. The zero-order valence-electron chi connectivity index (χ0n) is 12.3. The summed E-state index contributed by atoms with van der Waals surface area (Å²) < 4.78 is 7.48. The molecule has 1 aliphatic heterocycles. The van der Waals surface area contributed by atoms with E-state index in [-0.39, 0.29) is 5.69 Å². The Labute approximate surface area is 124 Å². The van der Waals surface area contributed by atoms with E-state index in [9.17, 15) is 4.79 Å². The number of rotatable bonds is 7. The number of aromatic nitrogens is 2. The van der Waals surface area contributed by atoms with E-state index in [0.717, 1.165) is 49.5 Å². The molecule has 5 nitrogen and oxygen atoms in total. The van der Waals surface area contributed by atoms with Gasteiger partial charge in [0.1, 0.15) is 0 Å². The third-order valence-corrected chi connectivity index (χ3v) is 4.18. The highest BCUT2D eigenvalue weighted by atomic mass is 16.5. The Morgan fingerprint density at radius 3 is 3.05 bits per heavy atom. The Bertz CT molecular complexity index is 626. The van der Waals surface area contributed by atoms with Gasteiger partial charge in [-0.2, -0.15) is 0 Å². The van der Waals surface area contributed by atoms with Gasteiger partial charge in [-0.3, -0.25) is 4.57 Å². The van der Waals surface area contributed by atoms with Crippen molar-refractivity contribution in [1.82, 2.24) is 14.9 Å². The number of aryl methyl sites for hydroxylation is 1. The summed E-state index contributed by atoms with van der Waals surface area (Å²) in [7, 11) is 0. The molecule has 1 saturated heterocycles. The minimum atomic E-state index is -0.0340. The van der Waals surface area contributed by atoms with Crippen LogP contribution >= 0.6 is 0 Å². The van der Waals surface area contributed by atoms with Crippen molar-refractivity contribution >= 4 is 11.0 Å². The van der Waals surface area contributed by atoms with E-state index >= 15 is 0 Å². The van der Waals surface area contributed by atoms with Crippen molar-refractivity contribution in [3.05, 3.63) is 34.7 Å². The molecule has 1 atom stereocenters. The van der Waals surface area contributed by atoms with Gasteiger partial charge < -0.3 is 15.0 Å². The minimum Gasteiger partial charge on any atom is -0.381 e. The number of aromatic amines is 1. The fourth-order valence-electron chi connectivity index (χ4n) is 2.97. The molecule has 0 aliphatic carbocycles. The van der Waals surface area contributed by atoms with Crippen LogP contribution in [0.25, 0.3) is 11.0 Å². The van der Waals surface area contributed by atoms with Crippen LogP contribution in [0, 0.1) is 5.92 Å². The van der Waals surface area contributed by atoms with Crippen molar-refractivity contribution in [2.24, 2.45) is 5.92 Å². The zero-order valence-corrected chi connectivity index (χ0v) is 12.3. The highest BCUT2D eigenvalue weighted by Crippen LogP contribution is 2.12. The van der Waals surface area contributed by atoms with E-state index in [4.69, 9.17) is 4.74 Å². The van der Waals surface area contributed by atoms with Gasteiger partial charge in [-0.25, -0.2) is 4.79 Å². The number of para-hydroxylation sites is 2. The molecule has 0 amide bonds. The van der Waals surface area contributed by atoms with Crippen molar-refractivity contribution in [1.29, 1.82) is 0 Å². The average Bonchev–Trinajstić information content (AvgIpc) is 3.10. The van der Waals surface area contributed by atoms with Gasteiger partial charge >= 0.3 is 5.69 Å². The number of benzene rings is 1. The van der Waals surface area contributed by atoms with Gasteiger partial charge in [0.25, 0.3) is 0 Å². The number of hydrogen-bond donors (Lipinski definition) is 2. The predicted octanol–water partition coefficient (Wildman–Crippen LogP) is 1.74. The van der Waals surface area contributed by atoms with Crippen LogP contribution < -0.4 is 11.0 Å². The van der Waals surface area contributed by atoms with Gasteiger partial charge in [-0.1, -0.05) is 12.1 Å². The van der Waals surface area contributed by atoms with Gasteiger partial charge in [0.05, 0.1) is 11.0 Å². The third-order valence-electron chi connectivity index (χ3n) is 4.18. The van der Waals surface area contributed by atoms with E-state index < -0.39 is 0 Å². The first-order chi connectivity index (χ1) is 10.3. The lowest BCUT2D eigenvalue weighted by Gasteiger charge is -2.09. The van der Waals surface area contributed by atoms with Crippen molar-refractivity contribution < 1.29 is 4.74 Å². The summed E-state index contributed by atoms with van der Waals surface area (Å²) in [5.41, 5.74) is 1.84. The van der Waals surface area contributed by atoms with E-state index in [1.807, 2.05) is 24.3 Å². The summed E-state index contributed by atoms with van der Waals surface area (Å²) in [5.74, 6) is 0.779. The minimum absolute atomic E-state index is 0.0340. The lowest BCUT2D eigenvalue weighted by atomic mass is 10.1. The van der Waals surface area contributed by atoms with Crippen LogP contribution in [0.2, 0.25) is 0 Å². The first-order valence-electron chi connectivity index (χ1n) is 7.80. The maximum absolute atomic E-state index is 11.9. The number of ether oxygens (including phenoxy) is 1. The fraction of sp³-hybridized carbons (Fsp3) is 0.562. The van der Waals surface area contributed by atoms with Crippen molar-refractivity contribution in [2.75, 3.05) is 26.3 Å². The number of imidazole rings is 1. The molecule has 21 heavy (non-hydrogen) atoms. The summed E-state index contributed by atoms with van der Waals surface area (Å²) >= 11 is 0. The molecular weight excluding hydrogens is 266 g/mol. The lowest BCUT2D eigenvalue weighted by molar-refractivity contribution is 0.117. The second kappa shape index (κ2) is 6.91. The fourth-order valence-corrected chi connectivity index (χ4v) is 2.97. The van der Waals surface area contributed by atoms with Gasteiger partial charge in [0, 0.05) is 19.8 Å². The van der Waals surface area contributed by atoms with Crippen LogP contribution in [0.4, 0.5) is 0 Å². The third kappa shape index (κ3) is 3.54. The number of fused-ring (bicyclic) bond motifs is 1. The largest absolute Gasteiger partial charge is 0.381 e. The molecule has 1 unspecified atom stereocenters. The van der Waals surface area contributed by atoms with Crippen molar-refractivity contribution in [3.8, 4) is 0 Å². The first-order valence-corrected chi connectivity index (χ1v) is 7.80. The van der Waals surface area contributed by atoms with E-state index in [1.165, 1.54) is 6.42 Å². The zero-order chi connectivity index (χ0) is 14.5. The smallest absolute Gasteiger partial charge is 0.326 e. The van der Waals surface area contributed by atoms with Gasteiger partial charge in [0.15, 0.2) is 0 Å². The van der Waals surface area contributed by atoms with Crippen LogP contribution in [0.5, 0.6) is 0 Å². The molecule has 114 valence electrons. The molecule has 3 rings (SSSR count). The number of nitrogens with zero attached hydrogens (tertiary/aromatic N) is 1. The maximum Gasteiger partial charge on any atom is 0.326 e. The number of H-pyrrole nitrogens is 1. The van der Waals surface area contributed by atoms with Crippen LogP contribution in [0.15, 0.2) is 29.1 Å². The number of nitrogens with one attached hydrogen (secondary N) is 2. The Balaban J connectivity index is 1.42. The van der Waals surface area contributed by atoms with Gasteiger partial charge in [-0.05, 0) is 50.4 Å². The lowest BCUT2D eigenvalue weighted by Crippen LogP contribution is -2.18.